The van der Waals surface area contributed by atoms with E-state index in [9.17, 15) is 0 Å². The van der Waals surface area contributed by atoms with Crippen molar-refractivity contribution < 1.29 is 4.42 Å². The highest BCUT2D eigenvalue weighted by Crippen LogP contribution is 2.43. The molecule has 7 rings (SSSR count). The van der Waals surface area contributed by atoms with Crippen molar-refractivity contribution in [3.8, 4) is 22.7 Å². The van der Waals surface area contributed by atoms with Crippen molar-refractivity contribution in [2.75, 3.05) is 0 Å². The number of tetrazole rings is 1. The lowest BCUT2D eigenvalue weighted by atomic mass is 9.77. The predicted octanol–water partition coefficient (Wildman–Crippen LogP) is 7.59. The molecule has 0 aliphatic rings. The second-order valence-electron chi connectivity index (χ2n) is 9.42. The summed E-state index contributed by atoms with van der Waals surface area (Å²) in [5.74, 6) is 1.41. The maximum atomic E-state index is 6.29. The highest BCUT2D eigenvalue weighted by atomic mass is 16.3. The number of para-hydroxylation sites is 1. The van der Waals surface area contributed by atoms with Crippen LogP contribution in [0.15, 0.2) is 150 Å². The minimum atomic E-state index is -0.830. The summed E-state index contributed by atoms with van der Waals surface area (Å²) in [5.41, 5.74) is 4.98. The van der Waals surface area contributed by atoms with E-state index in [0.717, 1.165) is 44.5 Å². The Morgan fingerprint density at radius 2 is 1.05 bits per heavy atom. The van der Waals surface area contributed by atoms with Crippen molar-refractivity contribution in [2.24, 2.45) is 0 Å². The molecule has 5 nitrogen and oxygen atoms in total. The lowest BCUT2D eigenvalue weighted by Crippen LogP contribution is -2.39. The van der Waals surface area contributed by atoms with E-state index in [1.807, 2.05) is 53.2 Å². The summed E-state index contributed by atoms with van der Waals surface area (Å²) in [6.45, 7) is 0. The molecule has 0 atom stereocenters. The van der Waals surface area contributed by atoms with Gasteiger partial charge in [0, 0.05) is 16.5 Å². The number of aromatic nitrogens is 4. The first-order valence-corrected chi connectivity index (χ1v) is 12.9. The Morgan fingerprint density at radius 3 is 1.64 bits per heavy atom. The standard InChI is InChI=1S/C34H24N4O/c1-4-15-26(16-5-1)34(27-17-6-2-7-18-27,28-19-8-3-9-20-28)38-33(35-36-37-38)30-22-12-11-21-29(30)32-24-25-14-10-13-23-31(25)39-32/h1-24H. The molecule has 186 valence electrons. The average Bonchev–Trinajstić information content (AvgIpc) is 3.67. The molecule has 0 spiro atoms. The van der Waals surface area contributed by atoms with Gasteiger partial charge in [0.25, 0.3) is 0 Å². The first-order valence-electron chi connectivity index (χ1n) is 12.9. The van der Waals surface area contributed by atoms with Crippen molar-refractivity contribution in [1.82, 2.24) is 20.2 Å². The number of nitrogens with zero attached hydrogens (tertiary/aromatic N) is 4. The fourth-order valence-corrected chi connectivity index (χ4v) is 5.49. The van der Waals surface area contributed by atoms with Crippen LogP contribution >= 0.6 is 0 Å². The van der Waals surface area contributed by atoms with Crippen LogP contribution in [0.2, 0.25) is 0 Å². The van der Waals surface area contributed by atoms with Crippen molar-refractivity contribution >= 4 is 11.0 Å². The first-order chi connectivity index (χ1) is 19.4. The fraction of sp³-hybridized carbons (Fsp3) is 0.0294. The Morgan fingerprint density at radius 1 is 0.538 bits per heavy atom. The largest absolute Gasteiger partial charge is 0.456 e. The zero-order chi connectivity index (χ0) is 26.1. The lowest BCUT2D eigenvalue weighted by Gasteiger charge is -2.36. The molecule has 2 heterocycles. The second-order valence-corrected chi connectivity index (χ2v) is 9.42. The zero-order valence-electron chi connectivity index (χ0n) is 21.1. The van der Waals surface area contributed by atoms with Crippen molar-refractivity contribution in [3.63, 3.8) is 0 Å². The molecule has 0 fully saturated rings. The maximum Gasteiger partial charge on any atom is 0.184 e. The van der Waals surface area contributed by atoms with Crippen LogP contribution < -0.4 is 0 Å². The second kappa shape index (κ2) is 9.54. The number of fused-ring (bicyclic) bond motifs is 1. The molecule has 7 aromatic rings. The number of hydrogen-bond acceptors (Lipinski definition) is 4. The Bertz CT molecular complexity index is 1730. The highest BCUT2D eigenvalue weighted by molar-refractivity contribution is 5.87. The average molecular weight is 505 g/mol. The summed E-state index contributed by atoms with van der Waals surface area (Å²) < 4.78 is 8.25. The molecule has 0 saturated carbocycles. The fourth-order valence-electron chi connectivity index (χ4n) is 5.49. The Labute approximate surface area is 226 Å². The van der Waals surface area contributed by atoms with Gasteiger partial charge in [-0.25, -0.2) is 4.68 Å². The number of benzene rings is 5. The molecule has 39 heavy (non-hydrogen) atoms. The van der Waals surface area contributed by atoms with Gasteiger partial charge in [-0.15, -0.1) is 5.10 Å². The maximum absolute atomic E-state index is 6.29. The van der Waals surface area contributed by atoms with E-state index in [2.05, 4.69) is 107 Å². The smallest absolute Gasteiger partial charge is 0.184 e. The van der Waals surface area contributed by atoms with Crippen molar-refractivity contribution in [2.45, 2.75) is 5.54 Å². The predicted molar refractivity (Wildman–Crippen MR) is 153 cm³/mol. The SMILES string of the molecule is c1ccc(C(c2ccccc2)(c2ccccc2)n2nnnc2-c2ccccc2-c2cc3ccccc3o2)cc1. The quantitative estimate of drug-likeness (QED) is 0.219. The summed E-state index contributed by atoms with van der Waals surface area (Å²) in [4.78, 5) is 0. The molecule has 0 bridgehead atoms. The van der Waals surface area contributed by atoms with E-state index in [-0.39, 0.29) is 0 Å². The molecule has 0 aliphatic carbocycles. The van der Waals surface area contributed by atoms with E-state index in [1.54, 1.807) is 0 Å². The highest BCUT2D eigenvalue weighted by Gasteiger charge is 2.42. The van der Waals surface area contributed by atoms with E-state index in [4.69, 9.17) is 9.63 Å². The molecule has 0 radical (unpaired) electrons. The number of hydrogen-bond donors (Lipinski definition) is 0. The summed E-state index contributed by atoms with van der Waals surface area (Å²) in [5, 5.41) is 14.6. The van der Waals surface area contributed by atoms with Crippen LogP contribution in [0.5, 0.6) is 0 Å². The Kier molecular flexibility index (Phi) is 5.60. The first kappa shape index (κ1) is 22.9. The van der Waals surface area contributed by atoms with Crippen LogP contribution in [0.25, 0.3) is 33.7 Å². The van der Waals surface area contributed by atoms with Gasteiger partial charge in [0.1, 0.15) is 16.9 Å². The van der Waals surface area contributed by atoms with Crippen molar-refractivity contribution in [1.29, 1.82) is 0 Å². The third-order valence-corrected chi connectivity index (χ3v) is 7.22. The van der Waals surface area contributed by atoms with Crippen LogP contribution in [0.1, 0.15) is 16.7 Å². The van der Waals surface area contributed by atoms with Gasteiger partial charge < -0.3 is 4.42 Å². The molecule has 0 aliphatic heterocycles. The third-order valence-electron chi connectivity index (χ3n) is 7.22. The molecule has 0 saturated heterocycles. The van der Waals surface area contributed by atoms with Crippen LogP contribution in [0.3, 0.4) is 0 Å². The van der Waals surface area contributed by atoms with E-state index >= 15 is 0 Å². The summed E-state index contributed by atoms with van der Waals surface area (Å²) >= 11 is 0. The Hall–Kier alpha value is -5.29. The van der Waals surface area contributed by atoms with E-state index in [1.165, 1.54) is 0 Å². The molecule has 0 N–H and O–H groups in total. The van der Waals surface area contributed by atoms with E-state index < -0.39 is 5.54 Å². The number of rotatable bonds is 6. The van der Waals surface area contributed by atoms with Crippen LogP contribution in [0, 0.1) is 0 Å². The molecular weight excluding hydrogens is 480 g/mol. The number of furan rings is 1. The molecule has 2 aromatic heterocycles. The minimum absolute atomic E-state index is 0.641. The summed E-state index contributed by atoms with van der Waals surface area (Å²) in [6, 6.07) is 49.5. The lowest BCUT2D eigenvalue weighted by molar-refractivity contribution is 0.451. The third kappa shape index (κ3) is 3.75. The monoisotopic (exact) mass is 504 g/mol. The van der Waals surface area contributed by atoms with Crippen LogP contribution in [0.4, 0.5) is 0 Å². The molecule has 0 unspecified atom stereocenters. The van der Waals surface area contributed by atoms with Crippen LogP contribution in [-0.2, 0) is 5.54 Å². The van der Waals surface area contributed by atoms with Gasteiger partial charge in [-0.3, -0.25) is 0 Å². The van der Waals surface area contributed by atoms with Gasteiger partial charge in [-0.05, 0) is 39.2 Å². The Balaban J connectivity index is 1.54. The van der Waals surface area contributed by atoms with Crippen molar-refractivity contribution in [3.05, 3.63) is 162 Å². The van der Waals surface area contributed by atoms with Gasteiger partial charge >= 0.3 is 0 Å². The topological polar surface area (TPSA) is 56.7 Å². The van der Waals surface area contributed by atoms with Gasteiger partial charge in [0.15, 0.2) is 5.82 Å². The van der Waals surface area contributed by atoms with Gasteiger partial charge in [-0.1, -0.05) is 133 Å². The van der Waals surface area contributed by atoms with E-state index in [0.29, 0.717) is 5.82 Å². The molecule has 5 aromatic carbocycles. The normalized spacial score (nSPS) is 11.6. The summed E-state index contributed by atoms with van der Waals surface area (Å²) in [7, 11) is 0. The van der Waals surface area contributed by atoms with Crippen LogP contribution in [-0.4, -0.2) is 20.2 Å². The molecule has 5 heteroatoms. The summed E-state index contributed by atoms with van der Waals surface area (Å²) in [6.07, 6.45) is 0. The van der Waals surface area contributed by atoms with Gasteiger partial charge in [0.05, 0.1) is 0 Å². The zero-order valence-corrected chi connectivity index (χ0v) is 21.1. The molecular formula is C34H24N4O. The van der Waals surface area contributed by atoms with Gasteiger partial charge in [0.2, 0.25) is 0 Å². The van der Waals surface area contributed by atoms with Gasteiger partial charge in [-0.2, -0.15) is 0 Å². The minimum Gasteiger partial charge on any atom is -0.456 e. The molecule has 0 amide bonds.